The molecule has 0 aromatic carbocycles. The Hall–Kier alpha value is -2.35. The van der Waals surface area contributed by atoms with Gasteiger partial charge >= 0.3 is 5.69 Å². The predicted molar refractivity (Wildman–Crippen MR) is 136 cm³/mol. The summed E-state index contributed by atoms with van der Waals surface area (Å²) < 4.78 is 6.21. The van der Waals surface area contributed by atoms with Crippen molar-refractivity contribution >= 4 is 51.3 Å². The number of nitrogens with one attached hydrogen (secondary N) is 1. The van der Waals surface area contributed by atoms with Gasteiger partial charge in [0.2, 0.25) is 5.95 Å². The van der Waals surface area contributed by atoms with Crippen LogP contribution in [0.15, 0.2) is 49.7 Å². The molecule has 0 atom stereocenters. The molecule has 0 amide bonds. The van der Waals surface area contributed by atoms with Crippen molar-refractivity contribution in [3.8, 4) is 0 Å². The quantitative estimate of drug-likeness (QED) is 0.212. The summed E-state index contributed by atoms with van der Waals surface area (Å²) in [5.41, 5.74) is 8.94. The molecule has 176 valence electrons. The number of allylic oxidation sites excluding steroid dienone is 3. The zero-order valence-electron chi connectivity index (χ0n) is 18.4. The molecule has 0 aliphatic carbocycles. The number of anilines is 1. The van der Waals surface area contributed by atoms with E-state index in [1.165, 1.54) is 9.63 Å². The van der Waals surface area contributed by atoms with Gasteiger partial charge in [-0.2, -0.15) is 9.97 Å². The second kappa shape index (κ2) is 9.87. The number of imidazole rings is 1. The van der Waals surface area contributed by atoms with Crippen LogP contribution in [0.3, 0.4) is 0 Å². The van der Waals surface area contributed by atoms with Crippen LogP contribution in [0.1, 0.15) is 13.8 Å². The maximum atomic E-state index is 13.4. The lowest BCUT2D eigenvalue weighted by Gasteiger charge is -2.28. The Morgan fingerprint density at radius 3 is 2.61 bits per heavy atom. The highest BCUT2D eigenvalue weighted by Gasteiger charge is 2.25. The van der Waals surface area contributed by atoms with E-state index >= 15 is 0 Å². The second-order valence-electron chi connectivity index (χ2n) is 7.96. The van der Waals surface area contributed by atoms with E-state index in [4.69, 9.17) is 17.3 Å². The van der Waals surface area contributed by atoms with Gasteiger partial charge in [0.25, 0.3) is 0 Å². The van der Waals surface area contributed by atoms with E-state index in [-0.39, 0.29) is 23.3 Å². The van der Waals surface area contributed by atoms with E-state index < -0.39 is 0 Å². The van der Waals surface area contributed by atoms with E-state index in [0.29, 0.717) is 36.5 Å². The highest BCUT2D eigenvalue weighted by Crippen LogP contribution is 2.32. The largest absolute Gasteiger partial charge is 0.368 e. The molecule has 4 N–H and O–H groups in total. The molecule has 1 aliphatic heterocycles. The molecule has 4 rings (SSSR count). The van der Waals surface area contributed by atoms with Crippen LogP contribution in [0, 0.1) is 0 Å². The summed E-state index contributed by atoms with van der Waals surface area (Å²) in [5.74, 6) is -0.0104. The summed E-state index contributed by atoms with van der Waals surface area (Å²) >= 11 is 8.66. The number of hydrogen-bond donors (Lipinski definition) is 3. The van der Waals surface area contributed by atoms with Gasteiger partial charge in [0.1, 0.15) is 5.52 Å². The van der Waals surface area contributed by atoms with Crippen molar-refractivity contribution < 1.29 is 5.21 Å². The van der Waals surface area contributed by atoms with Crippen molar-refractivity contribution in [2.24, 2.45) is 0 Å². The first-order valence-electron chi connectivity index (χ1n) is 10.5. The van der Waals surface area contributed by atoms with Crippen LogP contribution < -0.4 is 16.7 Å². The summed E-state index contributed by atoms with van der Waals surface area (Å²) in [6.45, 7) is 6.95. The fraction of sp³-hybridized carbons (Fsp3) is 0.381. The number of rotatable bonds is 8. The van der Waals surface area contributed by atoms with E-state index in [9.17, 15) is 10.0 Å². The van der Waals surface area contributed by atoms with Gasteiger partial charge < -0.3 is 15.6 Å². The van der Waals surface area contributed by atoms with Crippen molar-refractivity contribution in [1.29, 1.82) is 0 Å². The molecular formula is C21H26ClIN8O2. The lowest BCUT2D eigenvalue weighted by molar-refractivity contribution is -0.0534. The molecule has 4 heterocycles. The first kappa shape index (κ1) is 23.8. The number of nitrogens with zero attached hydrogens (tertiary/aromatic N) is 6. The van der Waals surface area contributed by atoms with Gasteiger partial charge in [0.15, 0.2) is 10.8 Å². The zero-order chi connectivity index (χ0) is 23.7. The Kier molecular flexibility index (Phi) is 7.12. The van der Waals surface area contributed by atoms with Gasteiger partial charge in [-0.15, -0.1) is 0 Å². The first-order valence-corrected chi connectivity index (χ1v) is 12.0. The molecule has 0 saturated carbocycles. The summed E-state index contributed by atoms with van der Waals surface area (Å²) in [7, 11) is 0. The zero-order valence-corrected chi connectivity index (χ0v) is 21.3. The number of halogens is 2. The maximum Gasteiger partial charge on any atom is 0.330 e. The van der Waals surface area contributed by atoms with Crippen molar-refractivity contribution in [3.05, 3.63) is 60.6 Å². The SMILES string of the molecule is CC1=C(I)C(C)=C(Cn2c(=O)n(CCNCCn3cccc3)c3c(Cl)nc(N)nc32)N(O)C1. The number of nitrogen functional groups attached to an aromatic ring is 1. The monoisotopic (exact) mass is 584 g/mol. The van der Waals surface area contributed by atoms with E-state index in [0.717, 1.165) is 27.8 Å². The van der Waals surface area contributed by atoms with Crippen molar-refractivity contribution in [1.82, 2.24) is 34.0 Å². The van der Waals surface area contributed by atoms with Crippen LogP contribution in [0.2, 0.25) is 5.15 Å². The minimum atomic E-state index is -0.283. The van der Waals surface area contributed by atoms with Crippen LogP contribution in [0.5, 0.6) is 0 Å². The Labute approximate surface area is 209 Å². The molecule has 0 bridgehead atoms. The standard InChI is InChI=1S/C21H26ClIN8O2/c1-13-11-31(33)15(14(2)16(13)23)12-30-19-17(18(22)26-20(24)27-19)29(21(30)32)10-6-25-5-9-28-7-3-4-8-28/h3-4,7-8,25,33H,5-6,9-12H2,1-2H3,(H2,24,26,27). The smallest absolute Gasteiger partial charge is 0.330 e. The van der Waals surface area contributed by atoms with Gasteiger partial charge in [0.05, 0.1) is 18.8 Å². The van der Waals surface area contributed by atoms with Crippen LogP contribution in [0.25, 0.3) is 11.2 Å². The van der Waals surface area contributed by atoms with E-state index in [1.54, 1.807) is 4.57 Å². The molecule has 0 saturated heterocycles. The Bertz CT molecular complexity index is 1290. The topological polar surface area (TPSA) is 119 Å². The minimum Gasteiger partial charge on any atom is -0.368 e. The van der Waals surface area contributed by atoms with Gasteiger partial charge in [-0.3, -0.25) is 19.4 Å². The number of aromatic nitrogens is 5. The Morgan fingerprint density at radius 2 is 1.88 bits per heavy atom. The minimum absolute atomic E-state index is 0.0104. The van der Waals surface area contributed by atoms with Crippen LogP contribution in [0.4, 0.5) is 5.95 Å². The molecule has 0 spiro atoms. The average Bonchev–Trinajstić information content (AvgIpc) is 3.36. The second-order valence-corrected chi connectivity index (χ2v) is 9.40. The van der Waals surface area contributed by atoms with Gasteiger partial charge in [0, 0.05) is 42.2 Å². The van der Waals surface area contributed by atoms with Crippen molar-refractivity contribution in [2.75, 3.05) is 25.4 Å². The number of nitrogens with two attached hydrogens (primary N) is 1. The van der Waals surface area contributed by atoms with Gasteiger partial charge in [-0.25, -0.2) is 4.79 Å². The van der Waals surface area contributed by atoms with Crippen molar-refractivity contribution in [3.63, 3.8) is 0 Å². The summed E-state index contributed by atoms with van der Waals surface area (Å²) in [6.07, 6.45) is 4.01. The summed E-state index contributed by atoms with van der Waals surface area (Å²) in [5, 5.41) is 15.2. The van der Waals surface area contributed by atoms with Crippen LogP contribution in [-0.4, -0.2) is 53.6 Å². The normalized spacial score (nSPS) is 14.8. The molecule has 1 aliphatic rings. The highest BCUT2D eigenvalue weighted by molar-refractivity contribution is 14.1. The third kappa shape index (κ3) is 4.81. The Morgan fingerprint density at radius 1 is 1.18 bits per heavy atom. The molecule has 0 radical (unpaired) electrons. The summed E-state index contributed by atoms with van der Waals surface area (Å²) in [4.78, 5) is 21.8. The lowest BCUT2D eigenvalue weighted by atomic mass is 10.1. The van der Waals surface area contributed by atoms with Gasteiger partial charge in [-0.1, -0.05) is 11.6 Å². The lowest BCUT2D eigenvalue weighted by Crippen LogP contribution is -2.33. The Balaban J connectivity index is 1.63. The summed E-state index contributed by atoms with van der Waals surface area (Å²) in [6, 6.07) is 3.97. The molecule has 12 heteroatoms. The molecule has 10 nitrogen and oxygen atoms in total. The fourth-order valence-corrected chi connectivity index (χ4v) is 4.71. The third-order valence-electron chi connectivity index (χ3n) is 5.70. The van der Waals surface area contributed by atoms with E-state index in [1.807, 2.05) is 38.4 Å². The number of fused-ring (bicyclic) bond motifs is 1. The fourth-order valence-electron chi connectivity index (χ4n) is 3.96. The molecular weight excluding hydrogens is 559 g/mol. The van der Waals surface area contributed by atoms with Crippen LogP contribution >= 0.6 is 34.2 Å². The first-order chi connectivity index (χ1) is 15.8. The number of hydroxylamine groups is 2. The highest BCUT2D eigenvalue weighted by atomic mass is 127. The van der Waals surface area contributed by atoms with Gasteiger partial charge in [-0.05, 0) is 59.7 Å². The molecule has 0 fully saturated rings. The molecule has 3 aromatic heterocycles. The van der Waals surface area contributed by atoms with E-state index in [2.05, 4.69) is 42.4 Å². The molecule has 0 unspecified atom stereocenters. The molecule has 33 heavy (non-hydrogen) atoms. The predicted octanol–water partition coefficient (Wildman–Crippen LogP) is 2.61. The molecule has 3 aromatic rings. The van der Waals surface area contributed by atoms with Crippen LogP contribution in [-0.2, 0) is 19.6 Å². The maximum absolute atomic E-state index is 13.4. The average molecular weight is 585 g/mol. The third-order valence-corrected chi connectivity index (χ3v) is 7.69. The number of hydrogen-bond acceptors (Lipinski definition) is 7. The van der Waals surface area contributed by atoms with Crippen molar-refractivity contribution in [2.45, 2.75) is 33.5 Å².